The Labute approximate surface area is 80.9 Å². The van der Waals surface area contributed by atoms with Gasteiger partial charge in [-0.2, -0.15) is 0 Å². The Morgan fingerprint density at radius 1 is 1.25 bits per heavy atom. The van der Waals surface area contributed by atoms with E-state index in [4.69, 9.17) is 4.74 Å². The Hall–Kier alpha value is -0.500. The predicted octanol–water partition coefficient (Wildman–Crippen LogP) is 3.24. The molecule has 0 spiro atoms. The Morgan fingerprint density at radius 2 is 1.92 bits per heavy atom. The fourth-order valence-electron chi connectivity index (χ4n) is 1.03. The number of benzene rings is 1. The minimum Gasteiger partial charge on any atom is -0.493 e. The van der Waals surface area contributed by atoms with Crippen LogP contribution in [0.1, 0.15) is 12.8 Å². The molecule has 0 N–H and O–H groups in total. The highest BCUT2D eigenvalue weighted by molar-refractivity contribution is 9.10. The lowest BCUT2D eigenvalue weighted by atomic mass is 10.3. The highest BCUT2D eigenvalue weighted by atomic mass is 79.9. The third kappa shape index (κ3) is 2.24. The van der Waals surface area contributed by atoms with Crippen molar-refractivity contribution in [1.29, 1.82) is 0 Å². The highest BCUT2D eigenvalue weighted by Gasteiger charge is 2.21. The molecule has 2 rings (SSSR count). The summed E-state index contributed by atoms with van der Waals surface area (Å²) >= 11 is 3.38. The summed E-state index contributed by atoms with van der Waals surface area (Å²) in [5.74, 6) is 1.80. The molecule has 0 heterocycles. The van der Waals surface area contributed by atoms with Gasteiger partial charge < -0.3 is 4.74 Å². The van der Waals surface area contributed by atoms with E-state index in [1.165, 1.54) is 12.8 Å². The smallest absolute Gasteiger partial charge is 0.119 e. The first-order valence-corrected chi connectivity index (χ1v) is 5.02. The van der Waals surface area contributed by atoms with Crippen molar-refractivity contribution >= 4 is 15.9 Å². The lowest BCUT2D eigenvalue weighted by Gasteiger charge is -2.03. The molecule has 0 amide bonds. The average molecular weight is 227 g/mol. The molecule has 1 fully saturated rings. The van der Waals surface area contributed by atoms with Gasteiger partial charge >= 0.3 is 0 Å². The maximum absolute atomic E-state index is 5.56. The highest BCUT2D eigenvalue weighted by Crippen LogP contribution is 2.29. The first-order chi connectivity index (χ1) is 5.84. The van der Waals surface area contributed by atoms with Crippen molar-refractivity contribution in [2.75, 3.05) is 6.61 Å². The van der Waals surface area contributed by atoms with Crippen LogP contribution in [-0.2, 0) is 0 Å². The summed E-state index contributed by atoms with van der Waals surface area (Å²) in [4.78, 5) is 0. The van der Waals surface area contributed by atoms with Gasteiger partial charge in [-0.3, -0.25) is 0 Å². The second kappa shape index (κ2) is 3.48. The zero-order valence-corrected chi connectivity index (χ0v) is 8.38. The molecule has 0 unspecified atom stereocenters. The monoisotopic (exact) mass is 226 g/mol. The normalized spacial score (nSPS) is 16.1. The molecule has 64 valence electrons. The fourth-order valence-corrected chi connectivity index (χ4v) is 1.29. The third-order valence-electron chi connectivity index (χ3n) is 2.00. The van der Waals surface area contributed by atoms with Crippen molar-refractivity contribution in [2.45, 2.75) is 12.8 Å². The van der Waals surface area contributed by atoms with Crippen molar-refractivity contribution in [3.63, 3.8) is 0 Å². The topological polar surface area (TPSA) is 9.23 Å². The van der Waals surface area contributed by atoms with E-state index in [-0.39, 0.29) is 0 Å². The molecule has 0 aromatic heterocycles. The van der Waals surface area contributed by atoms with Gasteiger partial charge in [0.15, 0.2) is 0 Å². The van der Waals surface area contributed by atoms with Crippen molar-refractivity contribution in [1.82, 2.24) is 0 Å². The summed E-state index contributed by atoms with van der Waals surface area (Å²) in [6.07, 6.45) is 2.69. The molecule has 2 heteroatoms. The molecule has 0 saturated heterocycles. The Balaban J connectivity index is 1.89. The van der Waals surface area contributed by atoms with Crippen LogP contribution in [0.5, 0.6) is 5.75 Å². The molecule has 1 aliphatic carbocycles. The van der Waals surface area contributed by atoms with Crippen LogP contribution in [0.2, 0.25) is 0 Å². The van der Waals surface area contributed by atoms with Gasteiger partial charge in [-0.25, -0.2) is 0 Å². The van der Waals surface area contributed by atoms with E-state index < -0.39 is 0 Å². The van der Waals surface area contributed by atoms with E-state index in [1.807, 2.05) is 24.3 Å². The molecule has 1 aromatic carbocycles. The zero-order valence-electron chi connectivity index (χ0n) is 6.79. The van der Waals surface area contributed by atoms with E-state index in [0.29, 0.717) is 0 Å². The molecule has 1 aromatic rings. The number of rotatable bonds is 3. The summed E-state index contributed by atoms with van der Waals surface area (Å²) in [5.41, 5.74) is 0. The molecule has 0 radical (unpaired) electrons. The van der Waals surface area contributed by atoms with Gasteiger partial charge in [0.05, 0.1) is 6.61 Å². The van der Waals surface area contributed by atoms with Crippen molar-refractivity contribution in [2.24, 2.45) is 5.92 Å². The summed E-state index contributed by atoms with van der Waals surface area (Å²) in [6, 6.07) is 7.99. The largest absolute Gasteiger partial charge is 0.493 e. The van der Waals surface area contributed by atoms with Crippen LogP contribution in [0.15, 0.2) is 28.7 Å². The molecule has 1 saturated carbocycles. The van der Waals surface area contributed by atoms with Crippen LogP contribution in [0, 0.1) is 5.92 Å². The lowest BCUT2D eigenvalue weighted by Crippen LogP contribution is -1.98. The average Bonchev–Trinajstić information content (AvgIpc) is 2.87. The molecular formula is C10H11BrO. The van der Waals surface area contributed by atoms with E-state index >= 15 is 0 Å². The number of halogens is 1. The quantitative estimate of drug-likeness (QED) is 0.770. The Kier molecular flexibility index (Phi) is 2.35. The molecule has 0 bridgehead atoms. The maximum Gasteiger partial charge on any atom is 0.119 e. The van der Waals surface area contributed by atoms with Gasteiger partial charge in [0.1, 0.15) is 5.75 Å². The third-order valence-corrected chi connectivity index (χ3v) is 2.52. The van der Waals surface area contributed by atoms with Crippen LogP contribution >= 0.6 is 15.9 Å². The summed E-state index contributed by atoms with van der Waals surface area (Å²) in [7, 11) is 0. The van der Waals surface area contributed by atoms with Crippen molar-refractivity contribution in [3.8, 4) is 5.75 Å². The summed E-state index contributed by atoms with van der Waals surface area (Å²) < 4.78 is 6.66. The van der Waals surface area contributed by atoms with Crippen molar-refractivity contribution in [3.05, 3.63) is 28.7 Å². The molecule has 12 heavy (non-hydrogen) atoms. The second-order valence-corrected chi connectivity index (χ2v) is 4.12. The molecule has 0 atom stereocenters. The molecule has 0 aliphatic heterocycles. The summed E-state index contributed by atoms with van der Waals surface area (Å²) in [6.45, 7) is 0.891. The first kappa shape index (κ1) is 8.11. The molecule has 1 aliphatic rings. The standard InChI is InChI=1S/C10H11BrO/c11-9-3-5-10(6-4-9)12-7-8-1-2-8/h3-6,8H,1-2,7H2. The van der Waals surface area contributed by atoms with Gasteiger partial charge in [-0.1, -0.05) is 15.9 Å². The van der Waals surface area contributed by atoms with Crippen LogP contribution < -0.4 is 4.74 Å². The molecule has 1 nitrogen and oxygen atoms in total. The predicted molar refractivity (Wildman–Crippen MR) is 52.4 cm³/mol. The van der Waals surface area contributed by atoms with Crippen molar-refractivity contribution < 1.29 is 4.74 Å². The maximum atomic E-state index is 5.56. The van der Waals surface area contributed by atoms with Gasteiger partial charge in [-0.15, -0.1) is 0 Å². The second-order valence-electron chi connectivity index (χ2n) is 3.21. The number of hydrogen-bond acceptors (Lipinski definition) is 1. The Morgan fingerprint density at radius 3 is 2.50 bits per heavy atom. The van der Waals surface area contributed by atoms with Gasteiger partial charge in [0, 0.05) is 4.47 Å². The van der Waals surface area contributed by atoms with E-state index in [0.717, 1.165) is 22.7 Å². The van der Waals surface area contributed by atoms with Gasteiger partial charge in [0.2, 0.25) is 0 Å². The van der Waals surface area contributed by atoms with Crippen LogP contribution in [-0.4, -0.2) is 6.61 Å². The zero-order chi connectivity index (χ0) is 8.39. The lowest BCUT2D eigenvalue weighted by molar-refractivity contribution is 0.300. The van der Waals surface area contributed by atoms with Gasteiger partial charge in [0.25, 0.3) is 0 Å². The van der Waals surface area contributed by atoms with E-state index in [1.54, 1.807) is 0 Å². The Bertz CT molecular complexity index is 251. The van der Waals surface area contributed by atoms with Crippen LogP contribution in [0.4, 0.5) is 0 Å². The van der Waals surface area contributed by atoms with Crippen LogP contribution in [0.3, 0.4) is 0 Å². The summed E-state index contributed by atoms with van der Waals surface area (Å²) in [5, 5.41) is 0. The molecular weight excluding hydrogens is 216 g/mol. The minimum atomic E-state index is 0.827. The minimum absolute atomic E-state index is 0.827. The SMILES string of the molecule is Brc1ccc(OCC2CC2)cc1. The van der Waals surface area contributed by atoms with Crippen LogP contribution in [0.25, 0.3) is 0 Å². The fraction of sp³-hybridized carbons (Fsp3) is 0.400. The van der Waals surface area contributed by atoms with Gasteiger partial charge in [-0.05, 0) is 43.0 Å². The van der Waals surface area contributed by atoms with E-state index in [9.17, 15) is 0 Å². The first-order valence-electron chi connectivity index (χ1n) is 4.23. The van der Waals surface area contributed by atoms with E-state index in [2.05, 4.69) is 15.9 Å². The number of hydrogen-bond donors (Lipinski definition) is 0. The number of ether oxygens (including phenoxy) is 1.